The first-order valence-corrected chi connectivity index (χ1v) is 10.3. The number of guanidine groups is 1. The van der Waals surface area contributed by atoms with Crippen LogP contribution in [0.4, 0.5) is 0 Å². The van der Waals surface area contributed by atoms with Gasteiger partial charge in [-0.15, -0.1) is 11.3 Å². The number of hydrogen-bond acceptors (Lipinski definition) is 4. The van der Waals surface area contributed by atoms with Crippen LogP contribution in [0, 0.1) is 0 Å². The van der Waals surface area contributed by atoms with Crippen LogP contribution in [0.15, 0.2) is 21.3 Å². The van der Waals surface area contributed by atoms with Gasteiger partial charge in [0.05, 0.1) is 10.9 Å². The normalized spacial score (nSPS) is 12.4. The summed E-state index contributed by atoms with van der Waals surface area (Å²) < 4.78 is 27.3. The van der Waals surface area contributed by atoms with Gasteiger partial charge in [0.15, 0.2) is 5.96 Å². The van der Waals surface area contributed by atoms with Gasteiger partial charge in [0, 0.05) is 26.7 Å². The average Bonchev–Trinajstić information content (AvgIpc) is 2.95. The van der Waals surface area contributed by atoms with Crippen molar-refractivity contribution in [3.05, 3.63) is 16.5 Å². The molecule has 0 aliphatic carbocycles. The third kappa shape index (κ3) is 7.07. The number of nitrogens with zero attached hydrogens (tertiary/aromatic N) is 2. The molecular formula is C14H25ClN4O2S2. The number of nitrogens with one attached hydrogen (secondary N) is 2. The molecule has 9 heteroatoms. The van der Waals surface area contributed by atoms with E-state index >= 15 is 0 Å². The molecule has 0 amide bonds. The van der Waals surface area contributed by atoms with Crippen LogP contribution in [0.3, 0.4) is 0 Å². The van der Waals surface area contributed by atoms with Crippen LogP contribution in [0.5, 0.6) is 0 Å². The van der Waals surface area contributed by atoms with Gasteiger partial charge < -0.3 is 10.2 Å². The molecule has 0 unspecified atom stereocenters. The molecule has 0 saturated heterocycles. The zero-order valence-electron chi connectivity index (χ0n) is 13.8. The fourth-order valence-corrected chi connectivity index (χ4v) is 4.37. The zero-order chi connectivity index (χ0) is 17.3. The molecule has 0 fully saturated rings. The van der Waals surface area contributed by atoms with E-state index in [0.717, 1.165) is 43.2 Å². The molecular weight excluding hydrogens is 356 g/mol. The lowest BCUT2D eigenvalue weighted by Gasteiger charge is -2.21. The lowest BCUT2D eigenvalue weighted by Crippen LogP contribution is -2.40. The van der Waals surface area contributed by atoms with E-state index in [0.29, 0.717) is 10.9 Å². The van der Waals surface area contributed by atoms with Gasteiger partial charge in [0.1, 0.15) is 4.21 Å². The lowest BCUT2D eigenvalue weighted by atomic mass is 10.3. The minimum absolute atomic E-state index is 0.221. The van der Waals surface area contributed by atoms with Gasteiger partial charge in [-0.05, 0) is 25.5 Å². The van der Waals surface area contributed by atoms with Crippen molar-refractivity contribution in [1.29, 1.82) is 0 Å². The number of thiophene rings is 1. The van der Waals surface area contributed by atoms with Crippen molar-refractivity contribution >= 4 is 38.9 Å². The summed E-state index contributed by atoms with van der Waals surface area (Å²) >= 11 is 6.81. The highest BCUT2D eigenvalue weighted by Gasteiger charge is 2.15. The summed E-state index contributed by atoms with van der Waals surface area (Å²) in [6.45, 7) is 6.46. The summed E-state index contributed by atoms with van der Waals surface area (Å²) in [7, 11) is -1.52. The first-order chi connectivity index (χ1) is 10.9. The fraction of sp³-hybridized carbons (Fsp3) is 0.643. The second-order valence-corrected chi connectivity index (χ2v) is 8.68. The molecule has 0 bridgehead atoms. The number of halogens is 1. The van der Waals surface area contributed by atoms with Crippen molar-refractivity contribution in [2.75, 3.05) is 33.2 Å². The van der Waals surface area contributed by atoms with Crippen molar-refractivity contribution in [2.24, 2.45) is 4.99 Å². The van der Waals surface area contributed by atoms with Crippen molar-refractivity contribution < 1.29 is 8.42 Å². The molecule has 0 aliphatic rings. The second-order valence-electron chi connectivity index (χ2n) is 4.97. The van der Waals surface area contributed by atoms with Crippen molar-refractivity contribution in [3.8, 4) is 0 Å². The minimum Gasteiger partial charge on any atom is -0.357 e. The molecule has 1 rings (SSSR count). The molecule has 0 radical (unpaired) electrons. The molecule has 132 valence electrons. The number of rotatable bonds is 9. The summed E-state index contributed by atoms with van der Waals surface area (Å²) in [5.74, 6) is 0.791. The second kappa shape index (κ2) is 10.1. The first-order valence-electron chi connectivity index (χ1n) is 7.65. The number of hydrogen-bond donors (Lipinski definition) is 2. The van der Waals surface area contributed by atoms with Crippen LogP contribution >= 0.6 is 22.9 Å². The van der Waals surface area contributed by atoms with Crippen LogP contribution in [-0.4, -0.2) is 52.5 Å². The van der Waals surface area contributed by atoms with Gasteiger partial charge in [-0.3, -0.25) is 4.99 Å². The van der Waals surface area contributed by atoms with Gasteiger partial charge in [-0.2, -0.15) is 0 Å². The summed E-state index contributed by atoms with van der Waals surface area (Å²) in [4.78, 5) is 6.51. The molecule has 6 nitrogen and oxygen atoms in total. The summed E-state index contributed by atoms with van der Waals surface area (Å²) in [5, 5.41) is 3.21. The quantitative estimate of drug-likeness (QED) is 0.392. The Morgan fingerprint density at radius 1 is 1.39 bits per heavy atom. The highest BCUT2D eigenvalue weighted by Crippen LogP contribution is 2.25. The topological polar surface area (TPSA) is 73.8 Å². The molecule has 0 aromatic carbocycles. The summed E-state index contributed by atoms with van der Waals surface area (Å²) in [6.07, 6.45) is 2.21. The van der Waals surface area contributed by atoms with E-state index in [1.165, 1.54) is 6.07 Å². The van der Waals surface area contributed by atoms with E-state index < -0.39 is 10.0 Å². The van der Waals surface area contributed by atoms with Gasteiger partial charge >= 0.3 is 0 Å². The summed E-state index contributed by atoms with van der Waals surface area (Å²) in [5.41, 5.74) is 0. The monoisotopic (exact) mass is 380 g/mol. The molecule has 23 heavy (non-hydrogen) atoms. The van der Waals surface area contributed by atoms with Gasteiger partial charge in [0.2, 0.25) is 10.0 Å². The van der Waals surface area contributed by atoms with Crippen LogP contribution in [0.2, 0.25) is 4.34 Å². The minimum atomic E-state index is -3.50. The predicted octanol–water partition coefficient (Wildman–Crippen LogP) is 2.38. The number of sulfonamides is 1. The predicted molar refractivity (Wildman–Crippen MR) is 98.0 cm³/mol. The van der Waals surface area contributed by atoms with Crippen LogP contribution in [0.1, 0.15) is 26.7 Å². The molecule has 1 aromatic heterocycles. The molecule has 1 heterocycles. The van der Waals surface area contributed by atoms with Crippen LogP contribution in [-0.2, 0) is 10.0 Å². The first kappa shape index (κ1) is 20.2. The number of unbranched alkanes of at least 4 members (excludes halogenated alkanes) is 1. The van der Waals surface area contributed by atoms with E-state index in [-0.39, 0.29) is 10.8 Å². The standard InChI is InChI=1S/C14H25ClN4O2S2/c1-4-6-11-19(3)14(16-5-2)17-9-10-18-23(20,21)13-8-7-12(15)22-13/h7-8,18H,4-6,9-11H2,1-3H3,(H,16,17). The Hall–Kier alpha value is -0.830. The van der Waals surface area contributed by atoms with Crippen LogP contribution < -0.4 is 10.0 Å². The van der Waals surface area contributed by atoms with Gasteiger partial charge in [0.25, 0.3) is 0 Å². The van der Waals surface area contributed by atoms with Gasteiger partial charge in [-0.1, -0.05) is 24.9 Å². The van der Waals surface area contributed by atoms with Gasteiger partial charge in [-0.25, -0.2) is 13.1 Å². The van der Waals surface area contributed by atoms with Crippen molar-refractivity contribution in [3.63, 3.8) is 0 Å². The van der Waals surface area contributed by atoms with E-state index in [1.54, 1.807) is 6.07 Å². The summed E-state index contributed by atoms with van der Waals surface area (Å²) in [6, 6.07) is 3.08. The lowest BCUT2D eigenvalue weighted by molar-refractivity contribution is 0.465. The van der Waals surface area contributed by atoms with Crippen molar-refractivity contribution in [2.45, 2.75) is 30.9 Å². The fourth-order valence-electron chi connectivity index (χ4n) is 1.83. The molecule has 0 spiro atoms. The highest BCUT2D eigenvalue weighted by atomic mass is 35.5. The smallest absolute Gasteiger partial charge is 0.250 e. The molecule has 0 aliphatic heterocycles. The zero-order valence-corrected chi connectivity index (χ0v) is 16.2. The van der Waals surface area contributed by atoms with Crippen molar-refractivity contribution in [1.82, 2.24) is 14.9 Å². The molecule has 1 aromatic rings. The largest absolute Gasteiger partial charge is 0.357 e. The highest BCUT2D eigenvalue weighted by molar-refractivity contribution is 7.91. The Morgan fingerprint density at radius 3 is 2.70 bits per heavy atom. The maximum Gasteiger partial charge on any atom is 0.250 e. The molecule has 0 saturated carbocycles. The Labute approximate surface area is 148 Å². The molecule has 2 N–H and O–H groups in total. The molecule has 0 atom stereocenters. The van der Waals surface area contributed by atoms with Crippen LogP contribution in [0.25, 0.3) is 0 Å². The third-order valence-electron chi connectivity index (χ3n) is 3.02. The SMILES string of the molecule is CCCCN(C)C(=NCCNS(=O)(=O)c1ccc(Cl)s1)NCC. The maximum absolute atomic E-state index is 12.1. The Kier molecular flexibility index (Phi) is 8.90. The Bertz CT molecular complexity index is 602. The number of aliphatic imine (C=N–C) groups is 1. The maximum atomic E-state index is 12.1. The third-order valence-corrected chi connectivity index (χ3v) is 6.21. The van der Waals surface area contributed by atoms with E-state index in [9.17, 15) is 8.42 Å². The van der Waals surface area contributed by atoms with E-state index in [1.807, 2.05) is 14.0 Å². The Balaban J connectivity index is 2.54. The van der Waals surface area contributed by atoms with E-state index in [4.69, 9.17) is 11.6 Å². The Morgan fingerprint density at radius 2 is 2.13 bits per heavy atom. The average molecular weight is 381 g/mol. The van der Waals surface area contributed by atoms with E-state index in [2.05, 4.69) is 26.9 Å².